The molecule has 7 heteroatoms. The number of carbonyl (C=O) groups excluding carboxylic acids is 3. The lowest BCUT2D eigenvalue weighted by molar-refractivity contribution is -0.121. The molecule has 1 aliphatic heterocycles. The fraction of sp³-hybridized carbons (Fsp3) is 0.167. The molecule has 3 amide bonds. The second kappa shape index (κ2) is 7.41. The van der Waals surface area contributed by atoms with Crippen LogP contribution in [-0.2, 0) is 14.4 Å². The summed E-state index contributed by atoms with van der Waals surface area (Å²) < 4.78 is 0.889. The maximum atomic E-state index is 12.6. The molecule has 0 radical (unpaired) electrons. The van der Waals surface area contributed by atoms with Crippen LogP contribution in [0.2, 0.25) is 0 Å². The van der Waals surface area contributed by atoms with E-state index in [1.807, 2.05) is 12.1 Å². The summed E-state index contributed by atoms with van der Waals surface area (Å²) >= 11 is 4.70. The largest absolute Gasteiger partial charge is 0.326 e. The average Bonchev–Trinajstić information content (AvgIpc) is 2.84. The predicted molar refractivity (Wildman–Crippen MR) is 102 cm³/mol. The van der Waals surface area contributed by atoms with Crippen LogP contribution in [0.1, 0.15) is 13.3 Å². The van der Waals surface area contributed by atoms with Crippen LogP contribution >= 0.6 is 27.7 Å². The summed E-state index contributed by atoms with van der Waals surface area (Å²) in [5.41, 5.74) is 1.28. The topological polar surface area (TPSA) is 66.5 Å². The molecule has 1 fully saturated rings. The highest BCUT2D eigenvalue weighted by Gasteiger charge is 2.40. The summed E-state index contributed by atoms with van der Waals surface area (Å²) in [5, 5.41) is 2.25. The number of rotatable bonds is 4. The molecule has 0 aromatic heterocycles. The van der Waals surface area contributed by atoms with Crippen LogP contribution < -0.4 is 10.2 Å². The van der Waals surface area contributed by atoms with Crippen LogP contribution in [0.4, 0.5) is 11.4 Å². The third kappa shape index (κ3) is 4.11. The van der Waals surface area contributed by atoms with Gasteiger partial charge in [-0.25, -0.2) is 4.90 Å². The minimum atomic E-state index is -0.442. The number of anilines is 2. The monoisotopic (exact) mass is 418 g/mol. The van der Waals surface area contributed by atoms with Crippen LogP contribution in [0.25, 0.3) is 0 Å². The molecule has 1 aliphatic rings. The second-order valence-electron chi connectivity index (χ2n) is 5.56. The SMILES string of the molecule is CC(=O)Nc1ccc(SC2CC(=O)N(c3ccc(Br)cc3)C2=O)cc1. The number of nitrogens with one attached hydrogen (secondary N) is 1. The van der Waals surface area contributed by atoms with E-state index in [1.165, 1.54) is 23.6 Å². The molecule has 0 aliphatic carbocycles. The molecule has 1 unspecified atom stereocenters. The highest BCUT2D eigenvalue weighted by atomic mass is 79.9. The average molecular weight is 419 g/mol. The molecule has 5 nitrogen and oxygen atoms in total. The van der Waals surface area contributed by atoms with Crippen LogP contribution in [0.3, 0.4) is 0 Å². The van der Waals surface area contributed by atoms with Gasteiger partial charge in [0.05, 0.1) is 10.9 Å². The number of amides is 3. The lowest BCUT2D eigenvalue weighted by Crippen LogP contribution is -2.31. The van der Waals surface area contributed by atoms with E-state index in [0.717, 1.165) is 9.37 Å². The Morgan fingerprint density at radius 3 is 2.36 bits per heavy atom. The van der Waals surface area contributed by atoms with Crippen molar-refractivity contribution in [3.63, 3.8) is 0 Å². The number of thioether (sulfide) groups is 1. The summed E-state index contributed by atoms with van der Waals surface area (Å²) in [5.74, 6) is -0.537. The lowest BCUT2D eigenvalue weighted by atomic mass is 10.3. The number of imide groups is 1. The van der Waals surface area contributed by atoms with Crippen molar-refractivity contribution in [3.05, 3.63) is 53.0 Å². The third-order valence-corrected chi connectivity index (χ3v) is 5.37. The van der Waals surface area contributed by atoms with E-state index in [1.54, 1.807) is 36.4 Å². The number of benzene rings is 2. The Morgan fingerprint density at radius 2 is 1.76 bits per heavy atom. The number of carbonyl (C=O) groups is 3. The summed E-state index contributed by atoms with van der Waals surface area (Å²) in [6.45, 7) is 1.45. The van der Waals surface area contributed by atoms with Crippen molar-refractivity contribution in [1.82, 2.24) is 0 Å². The molecule has 1 saturated heterocycles. The molecule has 0 spiro atoms. The minimum absolute atomic E-state index is 0.137. The van der Waals surface area contributed by atoms with Gasteiger partial charge in [0.1, 0.15) is 0 Å². The van der Waals surface area contributed by atoms with Crippen LogP contribution in [-0.4, -0.2) is 23.0 Å². The molecular weight excluding hydrogens is 404 g/mol. The Kier molecular flexibility index (Phi) is 5.24. The fourth-order valence-electron chi connectivity index (χ4n) is 2.54. The first-order valence-electron chi connectivity index (χ1n) is 7.61. The van der Waals surface area contributed by atoms with Gasteiger partial charge >= 0.3 is 0 Å². The molecule has 1 heterocycles. The van der Waals surface area contributed by atoms with Gasteiger partial charge in [0.2, 0.25) is 17.7 Å². The van der Waals surface area contributed by atoms with Crippen LogP contribution in [0.15, 0.2) is 57.9 Å². The van der Waals surface area contributed by atoms with Gasteiger partial charge in [-0.2, -0.15) is 0 Å². The summed E-state index contributed by atoms with van der Waals surface area (Å²) in [4.78, 5) is 38.1. The normalized spacial score (nSPS) is 17.0. The van der Waals surface area contributed by atoms with E-state index in [9.17, 15) is 14.4 Å². The van der Waals surface area contributed by atoms with Gasteiger partial charge in [0.15, 0.2) is 0 Å². The maximum absolute atomic E-state index is 12.6. The number of nitrogens with zero attached hydrogens (tertiary/aromatic N) is 1. The van der Waals surface area contributed by atoms with Gasteiger partial charge in [0.25, 0.3) is 0 Å². The Labute approximate surface area is 157 Å². The first kappa shape index (κ1) is 17.7. The van der Waals surface area contributed by atoms with Gasteiger partial charge in [-0.15, -0.1) is 11.8 Å². The molecule has 2 aromatic rings. The molecule has 25 heavy (non-hydrogen) atoms. The first-order chi connectivity index (χ1) is 11.9. The van der Waals surface area contributed by atoms with Crippen molar-refractivity contribution in [2.45, 2.75) is 23.5 Å². The molecule has 1 atom stereocenters. The Balaban J connectivity index is 1.71. The smallest absolute Gasteiger partial charge is 0.247 e. The lowest BCUT2D eigenvalue weighted by Gasteiger charge is -2.15. The molecule has 0 bridgehead atoms. The van der Waals surface area contributed by atoms with Gasteiger partial charge in [-0.3, -0.25) is 14.4 Å². The van der Waals surface area contributed by atoms with Crippen molar-refractivity contribution in [3.8, 4) is 0 Å². The summed E-state index contributed by atoms with van der Waals surface area (Å²) in [6, 6.07) is 14.3. The predicted octanol–water partition coefficient (Wildman–Crippen LogP) is 3.83. The molecule has 1 N–H and O–H groups in total. The van der Waals surface area contributed by atoms with Crippen molar-refractivity contribution >= 4 is 56.8 Å². The van der Waals surface area contributed by atoms with E-state index < -0.39 is 5.25 Å². The molecular formula is C18H15BrN2O3S. The molecule has 0 saturated carbocycles. The zero-order valence-electron chi connectivity index (χ0n) is 13.4. The highest BCUT2D eigenvalue weighted by molar-refractivity contribution is 9.10. The molecule has 2 aromatic carbocycles. The molecule has 128 valence electrons. The van der Waals surface area contributed by atoms with E-state index in [2.05, 4.69) is 21.2 Å². The Morgan fingerprint density at radius 1 is 1.12 bits per heavy atom. The van der Waals surface area contributed by atoms with Crippen molar-refractivity contribution in [2.24, 2.45) is 0 Å². The van der Waals surface area contributed by atoms with E-state index in [-0.39, 0.29) is 24.1 Å². The van der Waals surface area contributed by atoms with Crippen LogP contribution in [0.5, 0.6) is 0 Å². The van der Waals surface area contributed by atoms with E-state index in [4.69, 9.17) is 0 Å². The number of hydrogen-bond acceptors (Lipinski definition) is 4. The second-order valence-corrected chi connectivity index (χ2v) is 7.75. The quantitative estimate of drug-likeness (QED) is 0.766. The van der Waals surface area contributed by atoms with Gasteiger partial charge < -0.3 is 5.32 Å². The van der Waals surface area contributed by atoms with Crippen molar-refractivity contribution in [1.29, 1.82) is 0 Å². The fourth-order valence-corrected chi connectivity index (χ4v) is 3.86. The van der Waals surface area contributed by atoms with Crippen molar-refractivity contribution in [2.75, 3.05) is 10.2 Å². The number of hydrogen-bond donors (Lipinski definition) is 1. The van der Waals surface area contributed by atoms with E-state index in [0.29, 0.717) is 11.4 Å². The molecule has 3 rings (SSSR count). The van der Waals surface area contributed by atoms with E-state index >= 15 is 0 Å². The summed E-state index contributed by atoms with van der Waals surface area (Å²) in [6.07, 6.45) is 0.174. The zero-order valence-corrected chi connectivity index (χ0v) is 15.8. The first-order valence-corrected chi connectivity index (χ1v) is 9.28. The number of halogens is 1. The summed E-state index contributed by atoms with van der Waals surface area (Å²) in [7, 11) is 0. The van der Waals surface area contributed by atoms with Crippen molar-refractivity contribution < 1.29 is 14.4 Å². The zero-order chi connectivity index (χ0) is 18.0. The van der Waals surface area contributed by atoms with Gasteiger partial charge in [-0.1, -0.05) is 15.9 Å². The van der Waals surface area contributed by atoms with Gasteiger partial charge in [0, 0.05) is 28.4 Å². The Hall–Kier alpha value is -2.12. The van der Waals surface area contributed by atoms with Crippen LogP contribution in [0, 0.1) is 0 Å². The maximum Gasteiger partial charge on any atom is 0.247 e. The minimum Gasteiger partial charge on any atom is -0.326 e. The highest BCUT2D eigenvalue weighted by Crippen LogP contribution is 2.34. The van der Waals surface area contributed by atoms with Gasteiger partial charge in [-0.05, 0) is 48.5 Å². The Bertz CT molecular complexity index is 821. The standard InChI is InChI=1S/C18H15BrN2O3S/c1-11(22)20-13-4-8-15(9-5-13)25-16-10-17(23)21(18(16)24)14-6-2-12(19)3-7-14/h2-9,16H,10H2,1H3,(H,20,22). The third-order valence-electron chi connectivity index (χ3n) is 3.64.